The van der Waals surface area contributed by atoms with Crippen molar-refractivity contribution in [2.24, 2.45) is 0 Å². The van der Waals surface area contributed by atoms with E-state index in [4.69, 9.17) is 4.74 Å². The highest BCUT2D eigenvalue weighted by atomic mass is 16.5. The summed E-state index contributed by atoms with van der Waals surface area (Å²) in [6.45, 7) is 4.49. The second-order valence-electron chi connectivity index (χ2n) is 7.35. The van der Waals surface area contributed by atoms with Crippen LogP contribution in [0.15, 0.2) is 60.7 Å². The lowest BCUT2D eigenvalue weighted by atomic mass is 9.73. The Morgan fingerprint density at radius 1 is 1.04 bits per heavy atom. The van der Waals surface area contributed by atoms with Crippen molar-refractivity contribution < 1.29 is 9.53 Å². The summed E-state index contributed by atoms with van der Waals surface area (Å²) in [4.78, 5) is 16.4. The Kier molecular flexibility index (Phi) is 5.24. The van der Waals surface area contributed by atoms with Gasteiger partial charge in [-0.15, -0.1) is 0 Å². The number of nitrogens with zero attached hydrogens (tertiary/aromatic N) is 1. The molecule has 140 valence electrons. The van der Waals surface area contributed by atoms with Gasteiger partial charge in [-0.2, -0.15) is 0 Å². The number of hydrogen-bond donors (Lipinski definition) is 0. The first kappa shape index (κ1) is 18.1. The summed E-state index contributed by atoms with van der Waals surface area (Å²) in [5.74, 6) is 0.0531. The monoisotopic (exact) mass is 361 g/mol. The fourth-order valence-corrected chi connectivity index (χ4v) is 4.56. The maximum atomic E-state index is 13.9. The zero-order valence-electron chi connectivity index (χ0n) is 15.9. The van der Waals surface area contributed by atoms with E-state index in [1.807, 2.05) is 49.4 Å². The van der Waals surface area contributed by atoms with E-state index < -0.39 is 5.60 Å². The Hall–Kier alpha value is -2.23. The maximum absolute atomic E-state index is 13.9. The van der Waals surface area contributed by atoms with E-state index in [0.29, 0.717) is 12.2 Å². The van der Waals surface area contributed by atoms with Gasteiger partial charge in [0.15, 0.2) is 5.60 Å². The lowest BCUT2D eigenvalue weighted by Gasteiger charge is -2.47. The van der Waals surface area contributed by atoms with E-state index in [0.717, 1.165) is 24.2 Å². The van der Waals surface area contributed by atoms with Crippen molar-refractivity contribution >= 4 is 11.9 Å². The standard InChI is InChI=1S/C24H27NO2/c1-2-27-24(23(26)20-12-5-3-6-13-20)21-14-8-7-11-19(21)15-16-22(24)25-17-9-4-10-18-25/h3,5-8,11-16,22H,2,4,9-10,17-18H2,1H3. The van der Waals surface area contributed by atoms with Crippen molar-refractivity contribution in [2.45, 2.75) is 37.8 Å². The van der Waals surface area contributed by atoms with Gasteiger partial charge in [0.2, 0.25) is 5.78 Å². The Balaban J connectivity index is 1.89. The summed E-state index contributed by atoms with van der Waals surface area (Å²) in [7, 11) is 0. The molecule has 2 atom stereocenters. The number of likely N-dealkylation sites (tertiary alicyclic amines) is 1. The van der Waals surface area contributed by atoms with Gasteiger partial charge in [0, 0.05) is 17.7 Å². The summed E-state index contributed by atoms with van der Waals surface area (Å²) in [5, 5.41) is 0. The van der Waals surface area contributed by atoms with Crippen molar-refractivity contribution in [1.29, 1.82) is 0 Å². The van der Waals surface area contributed by atoms with E-state index in [1.54, 1.807) is 0 Å². The Morgan fingerprint density at radius 3 is 2.48 bits per heavy atom. The Morgan fingerprint density at radius 2 is 1.74 bits per heavy atom. The fourth-order valence-electron chi connectivity index (χ4n) is 4.56. The van der Waals surface area contributed by atoms with Gasteiger partial charge in [-0.05, 0) is 38.4 Å². The number of piperidine rings is 1. The molecule has 2 unspecified atom stereocenters. The molecule has 2 aromatic carbocycles. The van der Waals surface area contributed by atoms with Crippen LogP contribution in [-0.4, -0.2) is 36.4 Å². The average Bonchev–Trinajstić information content (AvgIpc) is 2.74. The number of carbonyl (C=O) groups is 1. The molecule has 1 aliphatic carbocycles. The van der Waals surface area contributed by atoms with Gasteiger partial charge in [0.1, 0.15) is 0 Å². The van der Waals surface area contributed by atoms with Crippen LogP contribution in [0.4, 0.5) is 0 Å². The molecule has 1 fully saturated rings. The van der Waals surface area contributed by atoms with Gasteiger partial charge in [0.05, 0.1) is 6.04 Å². The van der Waals surface area contributed by atoms with Gasteiger partial charge < -0.3 is 4.74 Å². The van der Waals surface area contributed by atoms with E-state index in [9.17, 15) is 4.79 Å². The lowest BCUT2D eigenvalue weighted by molar-refractivity contribution is -0.0687. The molecular formula is C24H27NO2. The Bertz CT molecular complexity index is 823. The lowest BCUT2D eigenvalue weighted by Crippen LogP contribution is -2.58. The highest BCUT2D eigenvalue weighted by Gasteiger charge is 2.52. The summed E-state index contributed by atoms with van der Waals surface area (Å²) in [5.41, 5.74) is 1.76. The molecule has 4 rings (SSSR count). The normalized spacial score (nSPS) is 25.1. The molecule has 0 radical (unpaired) electrons. The average molecular weight is 361 g/mol. The molecule has 0 spiro atoms. The number of benzene rings is 2. The zero-order chi connectivity index (χ0) is 18.7. The molecule has 3 heteroatoms. The van der Waals surface area contributed by atoms with Crippen LogP contribution >= 0.6 is 0 Å². The molecule has 1 aliphatic heterocycles. The molecule has 0 amide bonds. The minimum atomic E-state index is -1.00. The highest BCUT2D eigenvalue weighted by Crippen LogP contribution is 2.42. The zero-order valence-corrected chi connectivity index (χ0v) is 15.9. The number of ketones is 1. The van der Waals surface area contributed by atoms with E-state index in [1.165, 1.54) is 19.3 Å². The summed E-state index contributed by atoms with van der Waals surface area (Å²) in [6.07, 6.45) is 7.95. The molecule has 1 heterocycles. The van der Waals surface area contributed by atoms with E-state index in [2.05, 4.69) is 29.2 Å². The number of Topliss-reactive ketones (excluding diaryl/α,β-unsaturated/α-hetero) is 1. The largest absolute Gasteiger partial charge is 0.360 e. The minimum Gasteiger partial charge on any atom is -0.360 e. The number of ether oxygens (including phenoxy) is 1. The first-order valence-electron chi connectivity index (χ1n) is 10.0. The highest BCUT2D eigenvalue weighted by molar-refractivity contribution is 6.05. The molecule has 27 heavy (non-hydrogen) atoms. The van der Waals surface area contributed by atoms with Crippen molar-refractivity contribution in [3.05, 3.63) is 77.4 Å². The molecule has 3 nitrogen and oxygen atoms in total. The topological polar surface area (TPSA) is 29.5 Å². The summed E-state index contributed by atoms with van der Waals surface area (Å²) in [6, 6.07) is 17.7. The van der Waals surface area contributed by atoms with Crippen molar-refractivity contribution in [1.82, 2.24) is 4.90 Å². The fraction of sp³-hybridized carbons (Fsp3) is 0.375. The van der Waals surface area contributed by atoms with E-state index >= 15 is 0 Å². The second kappa shape index (κ2) is 7.79. The molecular weight excluding hydrogens is 334 g/mol. The molecule has 0 aromatic heterocycles. The van der Waals surface area contributed by atoms with Crippen LogP contribution in [0.3, 0.4) is 0 Å². The Labute approximate surface area is 161 Å². The summed E-state index contributed by atoms with van der Waals surface area (Å²) < 4.78 is 6.44. The van der Waals surface area contributed by atoms with Gasteiger partial charge in [-0.3, -0.25) is 9.69 Å². The predicted molar refractivity (Wildman–Crippen MR) is 109 cm³/mol. The predicted octanol–water partition coefficient (Wildman–Crippen LogP) is 4.68. The maximum Gasteiger partial charge on any atom is 0.201 e. The third-order valence-electron chi connectivity index (χ3n) is 5.76. The molecule has 2 aliphatic rings. The number of carbonyl (C=O) groups excluding carboxylic acids is 1. The third-order valence-corrected chi connectivity index (χ3v) is 5.76. The first-order valence-corrected chi connectivity index (χ1v) is 10.0. The van der Waals surface area contributed by atoms with Gasteiger partial charge in [-0.25, -0.2) is 0 Å². The van der Waals surface area contributed by atoms with Crippen LogP contribution in [-0.2, 0) is 10.3 Å². The summed E-state index contributed by atoms with van der Waals surface area (Å²) >= 11 is 0. The van der Waals surface area contributed by atoms with Gasteiger partial charge in [-0.1, -0.05) is 73.2 Å². The number of rotatable bonds is 5. The smallest absolute Gasteiger partial charge is 0.201 e. The second-order valence-corrected chi connectivity index (χ2v) is 7.35. The van der Waals surface area contributed by atoms with Crippen LogP contribution < -0.4 is 0 Å². The molecule has 2 aromatic rings. The molecule has 1 saturated heterocycles. The van der Waals surface area contributed by atoms with Gasteiger partial charge >= 0.3 is 0 Å². The molecule has 0 bridgehead atoms. The van der Waals surface area contributed by atoms with Crippen LogP contribution in [0.25, 0.3) is 6.08 Å². The first-order chi connectivity index (χ1) is 13.3. The van der Waals surface area contributed by atoms with Gasteiger partial charge in [0.25, 0.3) is 0 Å². The van der Waals surface area contributed by atoms with Crippen LogP contribution in [0.1, 0.15) is 47.7 Å². The number of fused-ring (bicyclic) bond motifs is 1. The van der Waals surface area contributed by atoms with E-state index in [-0.39, 0.29) is 11.8 Å². The van der Waals surface area contributed by atoms with Crippen LogP contribution in [0, 0.1) is 0 Å². The third kappa shape index (κ3) is 3.15. The van der Waals surface area contributed by atoms with Crippen LogP contribution in [0.5, 0.6) is 0 Å². The SMILES string of the molecule is CCOC1(C(=O)c2ccccc2)c2ccccc2C=CC1N1CCCCC1. The quantitative estimate of drug-likeness (QED) is 0.724. The minimum absolute atomic E-state index is 0.0531. The molecule has 0 N–H and O–H groups in total. The number of hydrogen-bond acceptors (Lipinski definition) is 3. The molecule has 0 saturated carbocycles. The van der Waals surface area contributed by atoms with Crippen molar-refractivity contribution in [2.75, 3.05) is 19.7 Å². The van der Waals surface area contributed by atoms with Crippen LogP contribution in [0.2, 0.25) is 0 Å². The van der Waals surface area contributed by atoms with Crippen molar-refractivity contribution in [3.8, 4) is 0 Å². The van der Waals surface area contributed by atoms with Crippen molar-refractivity contribution in [3.63, 3.8) is 0 Å².